The van der Waals surface area contributed by atoms with Gasteiger partial charge in [-0.2, -0.15) is 0 Å². The van der Waals surface area contributed by atoms with E-state index in [-0.39, 0.29) is 0 Å². The Morgan fingerprint density at radius 1 is 1.33 bits per heavy atom. The molecule has 0 bridgehead atoms. The summed E-state index contributed by atoms with van der Waals surface area (Å²) in [6, 6.07) is 0. The third-order valence-corrected chi connectivity index (χ3v) is 2.41. The summed E-state index contributed by atoms with van der Waals surface area (Å²) < 4.78 is 1.99. The Balaban J connectivity index is 2.73. The zero-order valence-corrected chi connectivity index (χ0v) is 9.18. The predicted molar refractivity (Wildman–Crippen MR) is 57.7 cm³/mol. The second kappa shape index (κ2) is 3.62. The summed E-state index contributed by atoms with van der Waals surface area (Å²) in [6.07, 6.45) is 4.79. The van der Waals surface area contributed by atoms with Crippen molar-refractivity contribution >= 4 is 5.52 Å². The fraction of sp³-hybridized carbons (Fsp3) is 0.455. The summed E-state index contributed by atoms with van der Waals surface area (Å²) in [5.41, 5.74) is 1.59. The van der Waals surface area contributed by atoms with Crippen LogP contribution in [-0.4, -0.2) is 19.5 Å². The number of imidazole rings is 1. The van der Waals surface area contributed by atoms with Crippen LogP contribution in [0.2, 0.25) is 0 Å². The summed E-state index contributed by atoms with van der Waals surface area (Å²) in [5.74, 6) is 1.29. The lowest BCUT2D eigenvalue weighted by molar-refractivity contribution is 0.196. The quantitative estimate of drug-likeness (QED) is 0.814. The second-order valence-corrected chi connectivity index (χ2v) is 4.02. The predicted octanol–water partition coefficient (Wildman–Crippen LogP) is 1.91. The van der Waals surface area contributed by atoms with Gasteiger partial charge in [0.1, 0.15) is 5.82 Å². The molecule has 1 unspecified atom stereocenters. The zero-order valence-electron chi connectivity index (χ0n) is 9.18. The van der Waals surface area contributed by atoms with Crippen molar-refractivity contribution in [1.82, 2.24) is 14.4 Å². The molecule has 0 aliphatic heterocycles. The standard InChI is InChI=1S/C11H15N3O/c1-7(2)11-13-10(8(3)15)9-6-12-4-5-14(9)11/h4-8,15H,1-3H3. The lowest BCUT2D eigenvalue weighted by Gasteiger charge is -2.02. The molecule has 80 valence electrons. The van der Waals surface area contributed by atoms with Crippen LogP contribution in [-0.2, 0) is 0 Å². The Morgan fingerprint density at radius 3 is 2.67 bits per heavy atom. The molecule has 1 N–H and O–H groups in total. The van der Waals surface area contributed by atoms with Crippen LogP contribution in [0.5, 0.6) is 0 Å². The first-order valence-electron chi connectivity index (χ1n) is 5.11. The Kier molecular flexibility index (Phi) is 2.44. The Hall–Kier alpha value is -1.42. The molecule has 2 aromatic rings. The van der Waals surface area contributed by atoms with E-state index in [4.69, 9.17) is 0 Å². The molecule has 15 heavy (non-hydrogen) atoms. The van der Waals surface area contributed by atoms with E-state index in [0.29, 0.717) is 11.6 Å². The zero-order chi connectivity index (χ0) is 11.0. The summed E-state index contributed by atoms with van der Waals surface area (Å²) in [4.78, 5) is 8.52. The molecule has 0 spiro atoms. The Morgan fingerprint density at radius 2 is 2.07 bits per heavy atom. The SMILES string of the molecule is CC(C)c1nc(C(C)O)c2cnccn12. The van der Waals surface area contributed by atoms with Crippen LogP contribution in [0.3, 0.4) is 0 Å². The number of aromatic nitrogens is 3. The van der Waals surface area contributed by atoms with E-state index in [2.05, 4.69) is 23.8 Å². The molecular formula is C11H15N3O. The van der Waals surface area contributed by atoms with Gasteiger partial charge < -0.3 is 9.51 Å². The average molecular weight is 205 g/mol. The van der Waals surface area contributed by atoms with E-state index in [1.807, 2.05) is 10.6 Å². The molecule has 0 aliphatic rings. The summed E-state index contributed by atoms with van der Waals surface area (Å²) >= 11 is 0. The van der Waals surface area contributed by atoms with E-state index in [1.54, 1.807) is 19.3 Å². The van der Waals surface area contributed by atoms with Crippen LogP contribution >= 0.6 is 0 Å². The van der Waals surface area contributed by atoms with Crippen molar-refractivity contribution in [1.29, 1.82) is 0 Å². The van der Waals surface area contributed by atoms with Crippen LogP contribution in [0.1, 0.15) is 44.3 Å². The minimum atomic E-state index is -0.559. The number of nitrogens with zero attached hydrogens (tertiary/aromatic N) is 3. The van der Waals surface area contributed by atoms with Gasteiger partial charge in [-0.05, 0) is 6.92 Å². The summed E-state index contributed by atoms with van der Waals surface area (Å²) in [5, 5.41) is 9.61. The highest BCUT2D eigenvalue weighted by molar-refractivity contribution is 5.52. The smallest absolute Gasteiger partial charge is 0.116 e. The van der Waals surface area contributed by atoms with Crippen LogP contribution in [0.4, 0.5) is 0 Å². The molecule has 0 aromatic carbocycles. The van der Waals surface area contributed by atoms with Gasteiger partial charge in [-0.15, -0.1) is 0 Å². The van der Waals surface area contributed by atoms with Crippen LogP contribution in [0.15, 0.2) is 18.6 Å². The minimum Gasteiger partial charge on any atom is -0.387 e. The molecule has 0 aliphatic carbocycles. The molecule has 4 nitrogen and oxygen atoms in total. The number of hydrogen-bond acceptors (Lipinski definition) is 3. The highest BCUT2D eigenvalue weighted by Gasteiger charge is 2.16. The molecular weight excluding hydrogens is 190 g/mol. The molecule has 0 radical (unpaired) electrons. The fourth-order valence-corrected chi connectivity index (χ4v) is 1.70. The van der Waals surface area contributed by atoms with Gasteiger partial charge in [0.25, 0.3) is 0 Å². The minimum absolute atomic E-state index is 0.326. The van der Waals surface area contributed by atoms with Gasteiger partial charge in [-0.3, -0.25) is 4.98 Å². The fourth-order valence-electron chi connectivity index (χ4n) is 1.70. The lowest BCUT2D eigenvalue weighted by Crippen LogP contribution is -1.96. The van der Waals surface area contributed by atoms with E-state index in [9.17, 15) is 5.11 Å². The molecule has 0 saturated heterocycles. The number of aliphatic hydroxyl groups excluding tert-OH is 1. The van der Waals surface area contributed by atoms with Crippen LogP contribution in [0, 0.1) is 0 Å². The first kappa shape index (κ1) is 10.1. The van der Waals surface area contributed by atoms with E-state index >= 15 is 0 Å². The first-order chi connectivity index (χ1) is 7.11. The normalized spacial score (nSPS) is 13.7. The van der Waals surface area contributed by atoms with Gasteiger partial charge in [-0.25, -0.2) is 4.98 Å². The highest BCUT2D eigenvalue weighted by Crippen LogP contribution is 2.22. The van der Waals surface area contributed by atoms with Crippen molar-refractivity contribution in [3.05, 3.63) is 30.1 Å². The van der Waals surface area contributed by atoms with Crippen LogP contribution in [0.25, 0.3) is 5.52 Å². The van der Waals surface area contributed by atoms with Gasteiger partial charge in [0.2, 0.25) is 0 Å². The molecule has 2 heterocycles. The van der Waals surface area contributed by atoms with Gasteiger partial charge >= 0.3 is 0 Å². The van der Waals surface area contributed by atoms with Gasteiger partial charge in [-0.1, -0.05) is 13.8 Å². The van der Waals surface area contributed by atoms with E-state index < -0.39 is 6.10 Å². The monoisotopic (exact) mass is 205 g/mol. The van der Waals surface area contributed by atoms with Crippen molar-refractivity contribution in [3.8, 4) is 0 Å². The van der Waals surface area contributed by atoms with Crippen molar-refractivity contribution in [2.75, 3.05) is 0 Å². The topological polar surface area (TPSA) is 50.4 Å². The van der Waals surface area contributed by atoms with Crippen molar-refractivity contribution < 1.29 is 5.11 Å². The van der Waals surface area contributed by atoms with Crippen molar-refractivity contribution in [2.45, 2.75) is 32.8 Å². The lowest BCUT2D eigenvalue weighted by atomic mass is 10.2. The molecule has 4 heteroatoms. The number of rotatable bonds is 2. The molecule has 2 aromatic heterocycles. The Bertz CT molecular complexity index is 432. The molecule has 0 fully saturated rings. The third kappa shape index (κ3) is 1.61. The van der Waals surface area contributed by atoms with Crippen molar-refractivity contribution in [3.63, 3.8) is 0 Å². The van der Waals surface area contributed by atoms with Crippen molar-refractivity contribution in [2.24, 2.45) is 0 Å². The number of fused-ring (bicyclic) bond motifs is 1. The number of aliphatic hydroxyl groups is 1. The third-order valence-electron chi connectivity index (χ3n) is 2.41. The second-order valence-electron chi connectivity index (χ2n) is 4.02. The summed E-state index contributed by atoms with van der Waals surface area (Å²) in [7, 11) is 0. The van der Waals surface area contributed by atoms with E-state index in [1.165, 1.54) is 0 Å². The van der Waals surface area contributed by atoms with Crippen LogP contribution < -0.4 is 0 Å². The van der Waals surface area contributed by atoms with Gasteiger partial charge in [0, 0.05) is 18.3 Å². The summed E-state index contributed by atoms with van der Waals surface area (Å²) in [6.45, 7) is 5.89. The molecule has 0 amide bonds. The maximum atomic E-state index is 9.61. The maximum Gasteiger partial charge on any atom is 0.116 e. The Labute approximate surface area is 88.6 Å². The largest absolute Gasteiger partial charge is 0.387 e. The number of hydrogen-bond donors (Lipinski definition) is 1. The maximum absolute atomic E-state index is 9.61. The first-order valence-corrected chi connectivity index (χ1v) is 5.11. The average Bonchev–Trinajstić information content (AvgIpc) is 2.56. The molecule has 2 rings (SSSR count). The van der Waals surface area contributed by atoms with E-state index in [0.717, 1.165) is 11.3 Å². The molecule has 1 atom stereocenters. The molecule has 0 saturated carbocycles. The highest BCUT2D eigenvalue weighted by atomic mass is 16.3. The van der Waals surface area contributed by atoms with Gasteiger partial charge in [0.15, 0.2) is 0 Å². The van der Waals surface area contributed by atoms with Gasteiger partial charge in [0.05, 0.1) is 23.5 Å².